The number of benzene rings is 1. The highest BCUT2D eigenvalue weighted by molar-refractivity contribution is 5.44. The number of halogens is 2. The second kappa shape index (κ2) is 6.83. The van der Waals surface area contributed by atoms with Gasteiger partial charge >= 0.3 is 0 Å². The van der Waals surface area contributed by atoms with Crippen LogP contribution in [0.3, 0.4) is 0 Å². The van der Waals surface area contributed by atoms with Gasteiger partial charge in [-0.05, 0) is 43.1 Å². The monoisotopic (exact) mass is 303 g/mol. The van der Waals surface area contributed by atoms with Crippen LogP contribution in [0, 0.1) is 11.6 Å². The Morgan fingerprint density at radius 1 is 1.23 bits per heavy atom. The molecule has 1 fully saturated rings. The van der Waals surface area contributed by atoms with Gasteiger partial charge < -0.3 is 5.32 Å². The van der Waals surface area contributed by atoms with Crippen molar-refractivity contribution < 1.29 is 8.78 Å². The molecule has 0 radical (unpaired) electrons. The molecule has 0 amide bonds. The molecule has 0 unspecified atom stereocenters. The largest absolute Gasteiger partial charge is 0.381 e. The maximum atomic E-state index is 13.3. The number of pyridine rings is 1. The molecule has 116 valence electrons. The minimum absolute atomic E-state index is 0.246. The summed E-state index contributed by atoms with van der Waals surface area (Å²) >= 11 is 0. The topological polar surface area (TPSA) is 28.2 Å². The lowest BCUT2D eigenvalue weighted by Crippen LogP contribution is -2.41. The summed E-state index contributed by atoms with van der Waals surface area (Å²) in [7, 11) is 0. The molecule has 22 heavy (non-hydrogen) atoms. The van der Waals surface area contributed by atoms with Crippen LogP contribution in [-0.4, -0.2) is 29.0 Å². The number of piperidine rings is 1. The van der Waals surface area contributed by atoms with E-state index in [0.717, 1.165) is 38.5 Å². The molecule has 0 saturated carbocycles. The number of aromatic nitrogens is 1. The number of rotatable bonds is 4. The predicted octanol–water partition coefficient (Wildman–Crippen LogP) is 3.44. The maximum absolute atomic E-state index is 13.3. The highest BCUT2D eigenvalue weighted by atomic mass is 19.2. The Balaban J connectivity index is 1.59. The van der Waals surface area contributed by atoms with Crippen molar-refractivity contribution in [3.63, 3.8) is 0 Å². The molecule has 3 rings (SSSR count). The summed E-state index contributed by atoms with van der Waals surface area (Å²) in [4.78, 5) is 6.49. The van der Waals surface area contributed by atoms with Crippen molar-refractivity contribution in [2.24, 2.45) is 0 Å². The molecule has 1 saturated heterocycles. The summed E-state index contributed by atoms with van der Waals surface area (Å²) in [6, 6.07) is 8.22. The molecule has 0 spiro atoms. The second-order valence-electron chi connectivity index (χ2n) is 5.71. The molecule has 1 aromatic carbocycles. The van der Waals surface area contributed by atoms with Gasteiger partial charge in [0.25, 0.3) is 0 Å². The number of nitrogens with zero attached hydrogens (tertiary/aromatic N) is 2. The highest BCUT2D eigenvalue weighted by Gasteiger charge is 2.20. The molecule has 2 heterocycles. The van der Waals surface area contributed by atoms with Crippen molar-refractivity contribution in [2.75, 3.05) is 18.4 Å². The minimum atomic E-state index is -0.813. The highest BCUT2D eigenvalue weighted by Crippen LogP contribution is 2.19. The van der Waals surface area contributed by atoms with Crippen LogP contribution in [-0.2, 0) is 6.54 Å². The third kappa shape index (κ3) is 3.80. The Morgan fingerprint density at radius 2 is 2.14 bits per heavy atom. The molecule has 1 aliphatic heterocycles. The van der Waals surface area contributed by atoms with Crippen LogP contribution in [0.2, 0.25) is 0 Å². The van der Waals surface area contributed by atoms with Crippen LogP contribution in [0.25, 0.3) is 0 Å². The second-order valence-corrected chi connectivity index (χ2v) is 5.71. The van der Waals surface area contributed by atoms with Crippen molar-refractivity contribution >= 4 is 5.69 Å². The summed E-state index contributed by atoms with van der Waals surface area (Å²) in [6.45, 7) is 2.79. The van der Waals surface area contributed by atoms with Gasteiger partial charge in [-0.3, -0.25) is 9.88 Å². The maximum Gasteiger partial charge on any atom is 0.160 e. The van der Waals surface area contributed by atoms with Crippen molar-refractivity contribution in [3.05, 3.63) is 59.9 Å². The Morgan fingerprint density at radius 3 is 2.91 bits per heavy atom. The van der Waals surface area contributed by atoms with Gasteiger partial charge in [0.05, 0.1) is 0 Å². The van der Waals surface area contributed by atoms with Crippen molar-refractivity contribution in [2.45, 2.75) is 25.4 Å². The number of nitrogens with one attached hydrogen (secondary N) is 1. The van der Waals surface area contributed by atoms with Gasteiger partial charge in [0, 0.05) is 43.3 Å². The summed E-state index contributed by atoms with van der Waals surface area (Å²) in [5.41, 5.74) is 1.82. The molecular formula is C17H19F2N3. The van der Waals surface area contributed by atoms with Crippen LogP contribution in [0.4, 0.5) is 14.5 Å². The molecule has 1 aliphatic rings. The zero-order valence-electron chi connectivity index (χ0n) is 12.3. The average Bonchev–Trinajstić information content (AvgIpc) is 2.52. The van der Waals surface area contributed by atoms with E-state index in [-0.39, 0.29) is 6.04 Å². The van der Waals surface area contributed by atoms with E-state index in [1.807, 2.05) is 12.3 Å². The van der Waals surface area contributed by atoms with Gasteiger partial charge in [-0.2, -0.15) is 0 Å². The summed E-state index contributed by atoms with van der Waals surface area (Å²) in [5, 5.41) is 3.30. The van der Waals surface area contributed by atoms with E-state index in [4.69, 9.17) is 0 Å². The third-order valence-corrected chi connectivity index (χ3v) is 3.92. The summed E-state index contributed by atoms with van der Waals surface area (Å²) in [6.07, 6.45) is 5.77. The van der Waals surface area contributed by atoms with E-state index < -0.39 is 11.6 Å². The van der Waals surface area contributed by atoms with Gasteiger partial charge in [0.15, 0.2) is 11.6 Å². The number of anilines is 1. The van der Waals surface area contributed by atoms with Crippen LogP contribution in [0.5, 0.6) is 0 Å². The fourth-order valence-corrected chi connectivity index (χ4v) is 2.89. The smallest absolute Gasteiger partial charge is 0.160 e. The van der Waals surface area contributed by atoms with Crippen molar-refractivity contribution in [3.8, 4) is 0 Å². The zero-order valence-corrected chi connectivity index (χ0v) is 12.3. The van der Waals surface area contributed by atoms with E-state index in [1.165, 1.54) is 11.6 Å². The Kier molecular flexibility index (Phi) is 4.63. The van der Waals surface area contributed by atoms with Crippen LogP contribution in [0.1, 0.15) is 18.4 Å². The first kappa shape index (κ1) is 14.9. The van der Waals surface area contributed by atoms with E-state index in [0.29, 0.717) is 5.69 Å². The fraction of sp³-hybridized carbons (Fsp3) is 0.353. The molecule has 2 aromatic rings. The number of hydrogen-bond donors (Lipinski definition) is 1. The number of likely N-dealkylation sites (tertiary alicyclic amines) is 1. The first-order chi connectivity index (χ1) is 10.7. The first-order valence-corrected chi connectivity index (χ1v) is 7.53. The standard InChI is InChI=1S/C17H19F2N3/c18-16-6-5-14(9-17(16)19)21-15-4-2-8-22(12-15)11-13-3-1-7-20-10-13/h1,3,5-7,9-10,15,21H,2,4,8,11-12H2/t15-/m0/s1. The first-order valence-electron chi connectivity index (χ1n) is 7.53. The van der Waals surface area contributed by atoms with Crippen LogP contribution >= 0.6 is 0 Å². The summed E-state index contributed by atoms with van der Waals surface area (Å²) < 4.78 is 26.2. The molecule has 3 nitrogen and oxygen atoms in total. The molecule has 1 atom stereocenters. The number of hydrogen-bond acceptors (Lipinski definition) is 3. The molecule has 5 heteroatoms. The lowest BCUT2D eigenvalue weighted by atomic mass is 10.0. The fourth-order valence-electron chi connectivity index (χ4n) is 2.89. The van der Waals surface area contributed by atoms with E-state index in [2.05, 4.69) is 21.3 Å². The molecule has 0 aliphatic carbocycles. The molecule has 1 aromatic heterocycles. The van der Waals surface area contributed by atoms with Crippen LogP contribution < -0.4 is 5.32 Å². The average molecular weight is 303 g/mol. The Hall–Kier alpha value is -2.01. The van der Waals surface area contributed by atoms with Gasteiger partial charge in [0.2, 0.25) is 0 Å². The molecule has 0 bridgehead atoms. The quantitative estimate of drug-likeness (QED) is 0.938. The predicted molar refractivity (Wildman–Crippen MR) is 82.5 cm³/mol. The lowest BCUT2D eigenvalue weighted by molar-refractivity contribution is 0.208. The van der Waals surface area contributed by atoms with E-state index in [9.17, 15) is 8.78 Å². The minimum Gasteiger partial charge on any atom is -0.381 e. The lowest BCUT2D eigenvalue weighted by Gasteiger charge is -2.33. The van der Waals surface area contributed by atoms with Gasteiger partial charge in [-0.15, -0.1) is 0 Å². The van der Waals surface area contributed by atoms with E-state index >= 15 is 0 Å². The molecular weight excluding hydrogens is 284 g/mol. The van der Waals surface area contributed by atoms with E-state index in [1.54, 1.807) is 12.3 Å². The van der Waals surface area contributed by atoms with Gasteiger partial charge in [-0.25, -0.2) is 8.78 Å². The van der Waals surface area contributed by atoms with Crippen molar-refractivity contribution in [1.29, 1.82) is 0 Å². The SMILES string of the molecule is Fc1ccc(N[C@H]2CCCN(Cc3cccnc3)C2)cc1F. The Bertz CT molecular complexity index is 619. The normalized spacial score (nSPS) is 19.1. The van der Waals surface area contributed by atoms with Gasteiger partial charge in [-0.1, -0.05) is 6.07 Å². The summed E-state index contributed by atoms with van der Waals surface area (Å²) in [5.74, 6) is -1.62. The Labute approximate surface area is 129 Å². The van der Waals surface area contributed by atoms with Gasteiger partial charge in [0.1, 0.15) is 0 Å². The third-order valence-electron chi connectivity index (χ3n) is 3.92. The molecule has 1 N–H and O–H groups in total. The van der Waals surface area contributed by atoms with Crippen LogP contribution in [0.15, 0.2) is 42.7 Å². The van der Waals surface area contributed by atoms with Crippen molar-refractivity contribution in [1.82, 2.24) is 9.88 Å². The zero-order chi connectivity index (χ0) is 15.4.